The third kappa shape index (κ3) is 4.78. The minimum Gasteiger partial charge on any atom is -0.347 e. The molecule has 0 spiro atoms. The van der Waals surface area contributed by atoms with Crippen LogP contribution in [0.3, 0.4) is 0 Å². The number of likely N-dealkylation sites (N-methyl/N-ethyl adjacent to an activating group) is 1. The van der Waals surface area contributed by atoms with Crippen molar-refractivity contribution in [2.75, 3.05) is 14.1 Å². The molecule has 0 aromatic rings. The molecule has 2 amide bonds. The van der Waals surface area contributed by atoms with Gasteiger partial charge >= 0.3 is 0 Å². The Morgan fingerprint density at radius 1 is 1.25 bits per heavy atom. The van der Waals surface area contributed by atoms with Gasteiger partial charge in [-0.1, -0.05) is 26.7 Å². The topological polar surface area (TPSA) is 75.4 Å². The fourth-order valence-electron chi connectivity index (χ4n) is 2.77. The van der Waals surface area contributed by atoms with Gasteiger partial charge in [0.1, 0.15) is 6.04 Å². The normalized spacial score (nSPS) is 24.3. The van der Waals surface area contributed by atoms with E-state index in [0.717, 1.165) is 25.7 Å². The maximum atomic E-state index is 12.4. The summed E-state index contributed by atoms with van der Waals surface area (Å²) in [6.45, 7) is 4.10. The summed E-state index contributed by atoms with van der Waals surface area (Å²) in [4.78, 5) is 26.1. The number of hydrogen-bond donors (Lipinski definition) is 2. The molecule has 3 unspecified atom stereocenters. The van der Waals surface area contributed by atoms with E-state index in [2.05, 4.69) is 19.2 Å². The van der Waals surface area contributed by atoms with E-state index in [0.29, 0.717) is 12.3 Å². The van der Waals surface area contributed by atoms with Gasteiger partial charge in [0, 0.05) is 20.1 Å². The first-order chi connectivity index (χ1) is 9.32. The molecule has 5 nitrogen and oxygen atoms in total. The largest absolute Gasteiger partial charge is 0.347 e. The molecule has 0 aromatic carbocycles. The average Bonchev–Trinajstić information content (AvgIpc) is 2.36. The number of amides is 2. The zero-order valence-electron chi connectivity index (χ0n) is 13.2. The second-order valence-corrected chi connectivity index (χ2v) is 6.48. The van der Waals surface area contributed by atoms with Gasteiger partial charge in [0.05, 0.1) is 5.92 Å². The van der Waals surface area contributed by atoms with Crippen LogP contribution in [0.1, 0.15) is 46.0 Å². The summed E-state index contributed by atoms with van der Waals surface area (Å²) in [6, 6.07) is -0.510. The number of nitrogens with zero attached hydrogens (tertiary/aromatic N) is 1. The van der Waals surface area contributed by atoms with Gasteiger partial charge in [-0.2, -0.15) is 0 Å². The van der Waals surface area contributed by atoms with Crippen molar-refractivity contribution < 1.29 is 9.59 Å². The second-order valence-electron chi connectivity index (χ2n) is 6.48. The molecule has 3 atom stereocenters. The van der Waals surface area contributed by atoms with E-state index in [-0.39, 0.29) is 23.8 Å². The lowest BCUT2D eigenvalue weighted by atomic mass is 9.84. The van der Waals surface area contributed by atoms with Gasteiger partial charge in [-0.05, 0) is 25.2 Å². The van der Waals surface area contributed by atoms with Crippen LogP contribution in [-0.2, 0) is 9.59 Å². The average molecular weight is 283 g/mol. The highest BCUT2D eigenvalue weighted by Gasteiger charge is 2.31. The number of hydrogen-bond acceptors (Lipinski definition) is 3. The predicted octanol–water partition coefficient (Wildman–Crippen LogP) is 1.12. The fourth-order valence-corrected chi connectivity index (χ4v) is 2.77. The molecule has 0 saturated heterocycles. The summed E-state index contributed by atoms with van der Waals surface area (Å²) in [5.74, 6) is 0.104. The molecule has 1 aliphatic rings. The van der Waals surface area contributed by atoms with Crippen LogP contribution in [0.4, 0.5) is 0 Å². The Hall–Kier alpha value is -1.10. The van der Waals surface area contributed by atoms with Gasteiger partial charge in [-0.15, -0.1) is 0 Å². The minimum atomic E-state index is -0.438. The van der Waals surface area contributed by atoms with Crippen molar-refractivity contribution in [3.05, 3.63) is 0 Å². The van der Waals surface area contributed by atoms with Crippen molar-refractivity contribution in [1.29, 1.82) is 0 Å². The number of nitrogens with one attached hydrogen (secondary N) is 1. The Morgan fingerprint density at radius 2 is 1.85 bits per heavy atom. The third-order valence-electron chi connectivity index (χ3n) is 3.92. The van der Waals surface area contributed by atoms with Gasteiger partial charge in [0.2, 0.25) is 11.8 Å². The zero-order valence-corrected chi connectivity index (χ0v) is 13.2. The van der Waals surface area contributed by atoms with Crippen molar-refractivity contribution in [1.82, 2.24) is 10.2 Å². The highest BCUT2D eigenvalue weighted by atomic mass is 16.2. The quantitative estimate of drug-likeness (QED) is 0.794. The maximum absolute atomic E-state index is 12.4. The van der Waals surface area contributed by atoms with E-state index < -0.39 is 6.04 Å². The highest BCUT2D eigenvalue weighted by Crippen LogP contribution is 2.23. The SMILES string of the molecule is CC(C)CC(NC(=O)C1CCCCC1N)C(=O)N(C)C. The molecule has 1 fully saturated rings. The van der Waals surface area contributed by atoms with Gasteiger partial charge in [0.25, 0.3) is 0 Å². The van der Waals surface area contributed by atoms with Crippen molar-refractivity contribution in [3.63, 3.8) is 0 Å². The van der Waals surface area contributed by atoms with Crippen LogP contribution >= 0.6 is 0 Å². The summed E-state index contributed by atoms with van der Waals surface area (Å²) >= 11 is 0. The van der Waals surface area contributed by atoms with E-state index in [1.807, 2.05) is 0 Å². The molecule has 0 aliphatic heterocycles. The molecule has 116 valence electrons. The van der Waals surface area contributed by atoms with Gasteiger partial charge in [-0.25, -0.2) is 0 Å². The van der Waals surface area contributed by atoms with Crippen LogP contribution in [0.2, 0.25) is 0 Å². The van der Waals surface area contributed by atoms with E-state index >= 15 is 0 Å². The van der Waals surface area contributed by atoms with Crippen molar-refractivity contribution in [2.45, 2.75) is 58.0 Å². The van der Waals surface area contributed by atoms with Crippen molar-refractivity contribution in [3.8, 4) is 0 Å². The molecule has 0 bridgehead atoms. The summed E-state index contributed by atoms with van der Waals surface area (Å²) in [5.41, 5.74) is 6.04. The number of carbonyl (C=O) groups excluding carboxylic acids is 2. The zero-order chi connectivity index (χ0) is 15.3. The standard InChI is InChI=1S/C15H29N3O2/c1-10(2)9-13(15(20)18(3)4)17-14(19)11-7-5-6-8-12(11)16/h10-13H,5-9,16H2,1-4H3,(H,17,19). The lowest BCUT2D eigenvalue weighted by molar-refractivity contribution is -0.136. The van der Waals surface area contributed by atoms with Crippen LogP contribution < -0.4 is 11.1 Å². The third-order valence-corrected chi connectivity index (χ3v) is 3.92. The first kappa shape index (κ1) is 17.0. The first-order valence-electron chi connectivity index (χ1n) is 7.60. The number of carbonyl (C=O) groups is 2. The Morgan fingerprint density at radius 3 is 2.35 bits per heavy atom. The molecule has 3 N–H and O–H groups in total. The summed E-state index contributed by atoms with van der Waals surface area (Å²) in [6.07, 6.45) is 4.52. The summed E-state index contributed by atoms with van der Waals surface area (Å²) in [5, 5.41) is 2.92. The minimum absolute atomic E-state index is 0.0450. The second kappa shape index (κ2) is 7.62. The maximum Gasteiger partial charge on any atom is 0.244 e. The molecule has 0 radical (unpaired) electrons. The Bertz CT molecular complexity index is 342. The van der Waals surface area contributed by atoms with Crippen LogP contribution in [0.25, 0.3) is 0 Å². The van der Waals surface area contributed by atoms with Crippen molar-refractivity contribution >= 4 is 11.8 Å². The van der Waals surface area contributed by atoms with Gasteiger partial charge < -0.3 is 16.0 Å². The van der Waals surface area contributed by atoms with E-state index in [9.17, 15) is 9.59 Å². The van der Waals surface area contributed by atoms with E-state index in [1.165, 1.54) is 4.90 Å². The Labute approximate surface area is 122 Å². The monoisotopic (exact) mass is 283 g/mol. The Balaban J connectivity index is 2.68. The van der Waals surface area contributed by atoms with Crippen LogP contribution in [0.5, 0.6) is 0 Å². The molecule has 0 heterocycles. The molecular formula is C15H29N3O2. The molecule has 1 aliphatic carbocycles. The van der Waals surface area contributed by atoms with Crippen LogP contribution in [-0.4, -0.2) is 42.9 Å². The fraction of sp³-hybridized carbons (Fsp3) is 0.867. The Kier molecular flexibility index (Phi) is 6.46. The summed E-state index contributed by atoms with van der Waals surface area (Å²) < 4.78 is 0. The molecule has 20 heavy (non-hydrogen) atoms. The summed E-state index contributed by atoms with van der Waals surface area (Å²) in [7, 11) is 3.43. The lowest BCUT2D eigenvalue weighted by Gasteiger charge is -2.30. The van der Waals surface area contributed by atoms with Crippen LogP contribution in [0, 0.1) is 11.8 Å². The number of rotatable bonds is 5. The number of nitrogens with two attached hydrogens (primary N) is 1. The van der Waals surface area contributed by atoms with E-state index in [1.54, 1.807) is 14.1 Å². The van der Waals surface area contributed by atoms with Crippen LogP contribution in [0.15, 0.2) is 0 Å². The molecular weight excluding hydrogens is 254 g/mol. The molecule has 0 aromatic heterocycles. The predicted molar refractivity (Wildman–Crippen MR) is 80.0 cm³/mol. The van der Waals surface area contributed by atoms with E-state index in [4.69, 9.17) is 5.73 Å². The molecule has 1 saturated carbocycles. The van der Waals surface area contributed by atoms with Crippen molar-refractivity contribution in [2.24, 2.45) is 17.6 Å². The highest BCUT2D eigenvalue weighted by molar-refractivity contribution is 5.88. The molecule has 5 heteroatoms. The smallest absolute Gasteiger partial charge is 0.244 e. The van der Waals surface area contributed by atoms with Gasteiger partial charge in [-0.3, -0.25) is 9.59 Å². The molecule has 1 rings (SSSR count). The lowest BCUT2D eigenvalue weighted by Crippen LogP contribution is -2.52. The van der Waals surface area contributed by atoms with Gasteiger partial charge in [0.15, 0.2) is 0 Å². The first-order valence-corrected chi connectivity index (χ1v) is 7.60.